The minimum absolute atomic E-state index is 0.240. The lowest BCUT2D eigenvalue weighted by Gasteiger charge is -2.27. The molecule has 0 aliphatic heterocycles. The number of carbonyl (C=O) groups is 1. The van der Waals surface area contributed by atoms with Crippen molar-refractivity contribution >= 4 is 17.6 Å². The third kappa shape index (κ3) is 2.61. The van der Waals surface area contributed by atoms with Crippen LogP contribution in [0.25, 0.3) is 0 Å². The topological polar surface area (TPSA) is 78.9 Å². The Labute approximate surface area is 115 Å². The highest BCUT2D eigenvalue weighted by molar-refractivity contribution is 6.30. The summed E-state index contributed by atoms with van der Waals surface area (Å²) in [7, 11) is 0. The van der Waals surface area contributed by atoms with Crippen molar-refractivity contribution in [2.45, 2.75) is 25.2 Å². The average Bonchev–Trinajstić information content (AvgIpc) is 2.89. The molecule has 1 aromatic carbocycles. The minimum Gasteiger partial charge on any atom is -0.481 e. The normalized spacial score (nSPS) is 14.0. The number of aromatic amines is 1. The summed E-state index contributed by atoms with van der Waals surface area (Å²) in [5, 5.41) is 16.8. The largest absolute Gasteiger partial charge is 0.481 e. The maximum absolute atomic E-state index is 11.8. The second-order valence-corrected chi connectivity index (χ2v) is 4.78. The van der Waals surface area contributed by atoms with Crippen molar-refractivity contribution in [3.8, 4) is 0 Å². The molecule has 1 atom stereocenters. The molecule has 1 unspecified atom stereocenters. The number of benzene rings is 1. The van der Waals surface area contributed by atoms with Gasteiger partial charge in [0.25, 0.3) is 0 Å². The molecule has 0 spiro atoms. The first-order valence-corrected chi connectivity index (χ1v) is 6.30. The third-order valence-corrected chi connectivity index (χ3v) is 3.59. The molecule has 2 N–H and O–H groups in total. The summed E-state index contributed by atoms with van der Waals surface area (Å²) in [6.45, 7) is 1.84. The van der Waals surface area contributed by atoms with Crippen LogP contribution in [0.5, 0.6) is 0 Å². The molecule has 2 aromatic rings. The number of rotatable bonds is 5. The molecule has 0 saturated carbocycles. The number of hydrogen-bond donors (Lipinski definition) is 2. The maximum Gasteiger partial charge on any atom is 0.314 e. The van der Waals surface area contributed by atoms with Crippen LogP contribution in [-0.4, -0.2) is 26.3 Å². The lowest BCUT2D eigenvalue weighted by Crippen LogP contribution is -2.38. The van der Waals surface area contributed by atoms with Crippen molar-refractivity contribution in [1.29, 1.82) is 0 Å². The highest BCUT2D eigenvalue weighted by Gasteiger charge is 2.39. The molecule has 5 nitrogen and oxygen atoms in total. The SMILES string of the molecule is CCC(Cc1nc[nH]n1)(C(=O)O)c1ccc(Cl)cc1. The van der Waals surface area contributed by atoms with Crippen LogP contribution in [0.4, 0.5) is 0 Å². The van der Waals surface area contributed by atoms with Crippen LogP contribution in [0.1, 0.15) is 24.7 Å². The summed E-state index contributed by atoms with van der Waals surface area (Å²) in [6, 6.07) is 6.88. The summed E-state index contributed by atoms with van der Waals surface area (Å²) in [5.41, 5.74) is -0.330. The van der Waals surface area contributed by atoms with Gasteiger partial charge < -0.3 is 5.11 Å². The van der Waals surface area contributed by atoms with Gasteiger partial charge in [0, 0.05) is 11.4 Å². The number of hydrogen-bond acceptors (Lipinski definition) is 3. The lowest BCUT2D eigenvalue weighted by atomic mass is 9.75. The fourth-order valence-electron chi connectivity index (χ4n) is 2.14. The Bertz CT molecular complexity index is 554. The lowest BCUT2D eigenvalue weighted by molar-refractivity contribution is -0.144. The van der Waals surface area contributed by atoms with Crippen LogP contribution in [0.2, 0.25) is 5.02 Å². The van der Waals surface area contributed by atoms with Crippen LogP contribution < -0.4 is 0 Å². The predicted octanol–water partition coefficient (Wildman–Crippen LogP) is 2.43. The zero-order valence-electron chi connectivity index (χ0n) is 10.4. The fourth-order valence-corrected chi connectivity index (χ4v) is 2.27. The molecule has 0 fully saturated rings. The summed E-state index contributed by atoms with van der Waals surface area (Å²) >= 11 is 5.85. The Balaban J connectivity index is 2.44. The number of aromatic nitrogens is 3. The van der Waals surface area contributed by atoms with Gasteiger partial charge in [-0.25, -0.2) is 4.98 Å². The van der Waals surface area contributed by atoms with Crippen molar-refractivity contribution in [2.75, 3.05) is 0 Å². The predicted molar refractivity (Wildman–Crippen MR) is 71.1 cm³/mol. The smallest absolute Gasteiger partial charge is 0.314 e. The monoisotopic (exact) mass is 279 g/mol. The van der Waals surface area contributed by atoms with Gasteiger partial charge >= 0.3 is 5.97 Å². The number of aliphatic carboxylic acids is 1. The van der Waals surface area contributed by atoms with Gasteiger partial charge in [-0.3, -0.25) is 9.89 Å². The molecule has 2 rings (SSSR count). The first-order chi connectivity index (χ1) is 9.08. The van der Waals surface area contributed by atoms with Crippen LogP contribution in [0.15, 0.2) is 30.6 Å². The van der Waals surface area contributed by atoms with E-state index >= 15 is 0 Å². The van der Waals surface area contributed by atoms with E-state index in [4.69, 9.17) is 11.6 Å². The van der Waals surface area contributed by atoms with E-state index in [0.29, 0.717) is 22.8 Å². The van der Waals surface area contributed by atoms with Crippen molar-refractivity contribution in [3.63, 3.8) is 0 Å². The number of nitrogens with one attached hydrogen (secondary N) is 1. The van der Waals surface area contributed by atoms with E-state index in [-0.39, 0.29) is 6.42 Å². The molecule has 0 bridgehead atoms. The quantitative estimate of drug-likeness (QED) is 0.881. The Morgan fingerprint density at radius 2 is 2.11 bits per heavy atom. The van der Waals surface area contributed by atoms with Crippen molar-refractivity contribution in [3.05, 3.63) is 47.0 Å². The molecule has 100 valence electrons. The van der Waals surface area contributed by atoms with Crippen molar-refractivity contribution < 1.29 is 9.90 Å². The molecule has 19 heavy (non-hydrogen) atoms. The zero-order chi connectivity index (χ0) is 13.9. The average molecular weight is 280 g/mol. The second kappa shape index (κ2) is 5.40. The molecule has 0 radical (unpaired) electrons. The second-order valence-electron chi connectivity index (χ2n) is 4.34. The Morgan fingerprint density at radius 1 is 1.42 bits per heavy atom. The molecule has 0 amide bonds. The Hall–Kier alpha value is -1.88. The Morgan fingerprint density at radius 3 is 2.58 bits per heavy atom. The van der Waals surface area contributed by atoms with E-state index in [1.165, 1.54) is 6.33 Å². The fraction of sp³-hybridized carbons (Fsp3) is 0.308. The molecular formula is C13H14ClN3O2. The summed E-state index contributed by atoms with van der Waals surface area (Å²) < 4.78 is 0. The highest BCUT2D eigenvalue weighted by atomic mass is 35.5. The first kappa shape index (κ1) is 13.5. The molecule has 6 heteroatoms. The van der Waals surface area contributed by atoms with Gasteiger partial charge in [0.2, 0.25) is 0 Å². The number of H-pyrrole nitrogens is 1. The third-order valence-electron chi connectivity index (χ3n) is 3.33. The van der Waals surface area contributed by atoms with Crippen molar-refractivity contribution in [2.24, 2.45) is 0 Å². The first-order valence-electron chi connectivity index (χ1n) is 5.92. The molecule has 0 aliphatic rings. The summed E-state index contributed by atoms with van der Waals surface area (Å²) in [5.74, 6) is -0.402. The van der Waals surface area contributed by atoms with Gasteiger partial charge in [0.1, 0.15) is 6.33 Å². The van der Waals surface area contributed by atoms with Gasteiger partial charge in [-0.1, -0.05) is 30.7 Å². The van der Waals surface area contributed by atoms with E-state index in [0.717, 1.165) is 0 Å². The van der Waals surface area contributed by atoms with Gasteiger partial charge in [-0.05, 0) is 24.1 Å². The standard InChI is InChI=1S/C13H14ClN3O2/c1-2-13(12(18)19,7-11-15-8-16-17-11)9-3-5-10(14)6-4-9/h3-6,8H,2,7H2,1H3,(H,18,19)(H,15,16,17). The van der Waals surface area contributed by atoms with E-state index in [9.17, 15) is 9.90 Å². The van der Waals surface area contributed by atoms with Gasteiger partial charge in [-0.2, -0.15) is 5.10 Å². The van der Waals surface area contributed by atoms with E-state index in [2.05, 4.69) is 15.2 Å². The van der Waals surface area contributed by atoms with Crippen LogP contribution >= 0.6 is 11.6 Å². The van der Waals surface area contributed by atoms with E-state index in [1.807, 2.05) is 6.92 Å². The molecule has 1 aromatic heterocycles. The minimum atomic E-state index is -1.03. The number of carboxylic acids is 1. The highest BCUT2D eigenvalue weighted by Crippen LogP contribution is 2.32. The van der Waals surface area contributed by atoms with Crippen molar-refractivity contribution in [1.82, 2.24) is 15.2 Å². The molecule has 0 aliphatic carbocycles. The van der Waals surface area contributed by atoms with Crippen LogP contribution in [-0.2, 0) is 16.6 Å². The number of carboxylic acid groups (broad SMARTS) is 1. The van der Waals surface area contributed by atoms with Gasteiger partial charge in [0.15, 0.2) is 5.82 Å². The molecule has 0 saturated heterocycles. The van der Waals surface area contributed by atoms with Gasteiger partial charge in [0.05, 0.1) is 5.41 Å². The molecular weight excluding hydrogens is 266 g/mol. The van der Waals surface area contributed by atoms with Crippen LogP contribution in [0.3, 0.4) is 0 Å². The number of halogens is 1. The van der Waals surface area contributed by atoms with Crippen LogP contribution in [0, 0.1) is 0 Å². The number of nitrogens with zero attached hydrogens (tertiary/aromatic N) is 2. The molecule has 1 heterocycles. The van der Waals surface area contributed by atoms with Gasteiger partial charge in [-0.15, -0.1) is 0 Å². The summed E-state index contributed by atoms with van der Waals surface area (Å²) in [6.07, 6.45) is 2.13. The summed E-state index contributed by atoms with van der Waals surface area (Å²) in [4.78, 5) is 15.8. The van der Waals surface area contributed by atoms with E-state index in [1.54, 1.807) is 24.3 Å². The Kier molecular flexibility index (Phi) is 3.85. The van der Waals surface area contributed by atoms with E-state index < -0.39 is 11.4 Å². The zero-order valence-corrected chi connectivity index (χ0v) is 11.2. The maximum atomic E-state index is 11.8.